The summed E-state index contributed by atoms with van der Waals surface area (Å²) in [7, 11) is 4.04. The standard InChI is InChI=1S/C21H27F3N4.HI/c1-4-25-20(26-13-16-8-7-11-19(12-16)21(22,23)24)27-14-17-9-5-6-10-18(17)15-28(2)3;/h5-12H,4,13-15H2,1-3H3,(H2,25,26,27);1H. The molecular formula is C21H28F3IN4. The van der Waals surface area contributed by atoms with E-state index in [-0.39, 0.29) is 30.5 Å². The Morgan fingerprint density at radius 3 is 2.31 bits per heavy atom. The highest BCUT2D eigenvalue weighted by Crippen LogP contribution is 2.29. The minimum atomic E-state index is -4.35. The number of nitrogens with zero attached hydrogens (tertiary/aromatic N) is 2. The largest absolute Gasteiger partial charge is 0.416 e. The summed E-state index contributed by atoms with van der Waals surface area (Å²) in [6.07, 6.45) is -4.35. The SMILES string of the molecule is CCNC(=NCc1cccc(C(F)(F)F)c1)NCc1ccccc1CN(C)C.I. The number of hydrogen-bond donors (Lipinski definition) is 2. The summed E-state index contributed by atoms with van der Waals surface area (Å²) in [6, 6.07) is 13.4. The van der Waals surface area contributed by atoms with Crippen LogP contribution in [0.2, 0.25) is 0 Å². The molecule has 2 aromatic carbocycles. The van der Waals surface area contributed by atoms with Crippen LogP contribution in [0.1, 0.15) is 29.2 Å². The van der Waals surface area contributed by atoms with Gasteiger partial charge in [-0.1, -0.05) is 36.4 Å². The Bertz CT molecular complexity index is 791. The first-order chi connectivity index (χ1) is 13.3. The van der Waals surface area contributed by atoms with Crippen molar-refractivity contribution in [3.8, 4) is 0 Å². The van der Waals surface area contributed by atoms with Gasteiger partial charge >= 0.3 is 6.18 Å². The van der Waals surface area contributed by atoms with Gasteiger partial charge in [0, 0.05) is 19.6 Å². The van der Waals surface area contributed by atoms with Gasteiger partial charge in [0.25, 0.3) is 0 Å². The van der Waals surface area contributed by atoms with Crippen molar-refractivity contribution in [1.82, 2.24) is 15.5 Å². The molecule has 0 spiro atoms. The van der Waals surface area contributed by atoms with Crippen molar-refractivity contribution in [2.24, 2.45) is 4.99 Å². The molecule has 0 aliphatic carbocycles. The molecule has 0 saturated carbocycles. The van der Waals surface area contributed by atoms with E-state index in [9.17, 15) is 13.2 Å². The molecule has 0 aliphatic heterocycles. The maximum Gasteiger partial charge on any atom is 0.416 e. The molecule has 2 aromatic rings. The van der Waals surface area contributed by atoms with E-state index in [0.717, 1.165) is 24.2 Å². The van der Waals surface area contributed by atoms with Crippen LogP contribution < -0.4 is 10.6 Å². The first kappa shape index (κ1) is 25.2. The quantitative estimate of drug-likeness (QED) is 0.318. The van der Waals surface area contributed by atoms with E-state index in [1.54, 1.807) is 6.07 Å². The van der Waals surface area contributed by atoms with Crippen LogP contribution >= 0.6 is 24.0 Å². The lowest BCUT2D eigenvalue weighted by Crippen LogP contribution is -2.37. The number of hydrogen-bond acceptors (Lipinski definition) is 2. The molecule has 160 valence electrons. The molecule has 29 heavy (non-hydrogen) atoms. The zero-order valence-corrected chi connectivity index (χ0v) is 19.2. The third-order valence-corrected chi connectivity index (χ3v) is 4.07. The molecule has 0 atom stereocenters. The van der Waals surface area contributed by atoms with Crippen LogP contribution in [-0.2, 0) is 25.8 Å². The Hall–Kier alpha value is -1.81. The first-order valence-electron chi connectivity index (χ1n) is 9.19. The molecule has 0 heterocycles. The molecular weight excluding hydrogens is 492 g/mol. The van der Waals surface area contributed by atoms with Crippen LogP contribution in [0.25, 0.3) is 0 Å². The number of nitrogens with one attached hydrogen (secondary N) is 2. The first-order valence-corrected chi connectivity index (χ1v) is 9.19. The second kappa shape index (κ2) is 12.0. The molecule has 2 rings (SSSR count). The second-order valence-electron chi connectivity index (χ2n) is 6.75. The molecule has 0 saturated heterocycles. The fourth-order valence-electron chi connectivity index (χ4n) is 2.76. The summed E-state index contributed by atoms with van der Waals surface area (Å²) in [5.41, 5.74) is 2.23. The van der Waals surface area contributed by atoms with Crippen molar-refractivity contribution in [3.63, 3.8) is 0 Å². The van der Waals surface area contributed by atoms with Crippen molar-refractivity contribution in [2.75, 3.05) is 20.6 Å². The number of guanidine groups is 1. The summed E-state index contributed by atoms with van der Waals surface area (Å²) in [5, 5.41) is 6.40. The predicted octanol–water partition coefficient (Wildman–Crippen LogP) is 4.64. The molecule has 0 unspecified atom stereocenters. The number of alkyl halides is 3. The van der Waals surface area contributed by atoms with E-state index in [4.69, 9.17) is 0 Å². The van der Waals surface area contributed by atoms with Gasteiger partial charge < -0.3 is 15.5 Å². The Balaban J connectivity index is 0.00000420. The minimum Gasteiger partial charge on any atom is -0.357 e. The summed E-state index contributed by atoms with van der Waals surface area (Å²) in [6.45, 7) is 4.18. The zero-order chi connectivity index (χ0) is 20.6. The van der Waals surface area contributed by atoms with Gasteiger partial charge in [-0.2, -0.15) is 13.2 Å². The van der Waals surface area contributed by atoms with Crippen LogP contribution in [0, 0.1) is 0 Å². The van der Waals surface area contributed by atoms with E-state index in [0.29, 0.717) is 24.6 Å². The summed E-state index contributed by atoms with van der Waals surface area (Å²) >= 11 is 0. The van der Waals surface area contributed by atoms with Crippen LogP contribution in [0.4, 0.5) is 13.2 Å². The van der Waals surface area contributed by atoms with Crippen molar-refractivity contribution >= 4 is 29.9 Å². The lowest BCUT2D eigenvalue weighted by Gasteiger charge is -2.16. The maximum absolute atomic E-state index is 12.9. The number of halogens is 4. The van der Waals surface area contributed by atoms with Crippen molar-refractivity contribution in [3.05, 3.63) is 70.8 Å². The van der Waals surface area contributed by atoms with E-state index in [2.05, 4.69) is 32.7 Å². The average Bonchev–Trinajstić information content (AvgIpc) is 2.64. The second-order valence-corrected chi connectivity index (χ2v) is 6.75. The van der Waals surface area contributed by atoms with Crippen LogP contribution in [-0.4, -0.2) is 31.5 Å². The third kappa shape index (κ3) is 8.61. The normalized spacial score (nSPS) is 11.9. The average molecular weight is 520 g/mol. The van der Waals surface area contributed by atoms with Gasteiger partial charge in [0.2, 0.25) is 0 Å². The van der Waals surface area contributed by atoms with Gasteiger partial charge in [-0.3, -0.25) is 0 Å². The van der Waals surface area contributed by atoms with Gasteiger partial charge in [0.05, 0.1) is 12.1 Å². The molecule has 0 amide bonds. The van der Waals surface area contributed by atoms with Gasteiger partial charge in [-0.05, 0) is 49.8 Å². The molecule has 0 radical (unpaired) electrons. The van der Waals surface area contributed by atoms with Crippen molar-refractivity contribution < 1.29 is 13.2 Å². The fourth-order valence-corrected chi connectivity index (χ4v) is 2.76. The lowest BCUT2D eigenvalue weighted by atomic mass is 10.1. The summed E-state index contributed by atoms with van der Waals surface area (Å²) in [4.78, 5) is 6.53. The Kier molecular flexibility index (Phi) is 10.5. The van der Waals surface area contributed by atoms with E-state index < -0.39 is 11.7 Å². The molecule has 4 nitrogen and oxygen atoms in total. The zero-order valence-electron chi connectivity index (χ0n) is 16.9. The minimum absolute atomic E-state index is 0. The van der Waals surface area contributed by atoms with Gasteiger partial charge in [0.15, 0.2) is 5.96 Å². The van der Waals surface area contributed by atoms with Crippen LogP contribution in [0.15, 0.2) is 53.5 Å². The molecule has 2 N–H and O–H groups in total. The van der Waals surface area contributed by atoms with Crippen LogP contribution in [0.3, 0.4) is 0 Å². The van der Waals surface area contributed by atoms with Crippen LogP contribution in [0.5, 0.6) is 0 Å². The number of rotatable bonds is 7. The van der Waals surface area contributed by atoms with E-state index in [1.807, 2.05) is 33.2 Å². The van der Waals surface area contributed by atoms with E-state index in [1.165, 1.54) is 11.6 Å². The van der Waals surface area contributed by atoms with Gasteiger partial charge in [-0.25, -0.2) is 4.99 Å². The molecule has 0 aliphatic rings. The highest BCUT2D eigenvalue weighted by atomic mass is 127. The molecule has 0 bridgehead atoms. The van der Waals surface area contributed by atoms with Gasteiger partial charge in [0.1, 0.15) is 0 Å². The monoisotopic (exact) mass is 520 g/mol. The summed E-state index contributed by atoms with van der Waals surface area (Å²) < 4.78 is 38.6. The Labute approximate surface area is 187 Å². The Morgan fingerprint density at radius 1 is 1.00 bits per heavy atom. The van der Waals surface area contributed by atoms with Crippen molar-refractivity contribution in [2.45, 2.75) is 32.7 Å². The predicted molar refractivity (Wildman–Crippen MR) is 122 cm³/mol. The lowest BCUT2D eigenvalue weighted by molar-refractivity contribution is -0.137. The molecule has 0 aromatic heterocycles. The fraction of sp³-hybridized carbons (Fsp3) is 0.381. The number of benzene rings is 2. The summed E-state index contributed by atoms with van der Waals surface area (Å²) in [5.74, 6) is 0.569. The third-order valence-electron chi connectivity index (χ3n) is 4.07. The number of aliphatic imine (C=N–C) groups is 1. The van der Waals surface area contributed by atoms with Gasteiger partial charge in [-0.15, -0.1) is 24.0 Å². The van der Waals surface area contributed by atoms with Crippen molar-refractivity contribution in [1.29, 1.82) is 0 Å². The highest BCUT2D eigenvalue weighted by molar-refractivity contribution is 14.0. The maximum atomic E-state index is 12.9. The molecule has 8 heteroatoms. The topological polar surface area (TPSA) is 39.7 Å². The molecule has 0 fully saturated rings. The van der Waals surface area contributed by atoms with E-state index >= 15 is 0 Å². The highest BCUT2D eigenvalue weighted by Gasteiger charge is 2.30. The smallest absolute Gasteiger partial charge is 0.357 e. The Morgan fingerprint density at radius 2 is 1.69 bits per heavy atom.